The Kier molecular flexibility index (Phi) is 5.05. The Morgan fingerprint density at radius 3 is 2.39 bits per heavy atom. The average Bonchev–Trinajstić information content (AvgIpc) is 2.55. The molecule has 0 aliphatic heterocycles. The second-order valence-corrected chi connectivity index (χ2v) is 7.03. The molecule has 0 radical (unpaired) electrons. The second-order valence-electron chi connectivity index (χ2n) is 5.06. The van der Waals surface area contributed by atoms with Crippen LogP contribution in [0, 0.1) is 6.92 Å². The molecule has 0 aliphatic carbocycles. The Labute approximate surface area is 136 Å². The van der Waals surface area contributed by atoms with Gasteiger partial charge in [-0.1, -0.05) is 23.8 Å². The summed E-state index contributed by atoms with van der Waals surface area (Å²) in [6.45, 7) is 3.86. The molecule has 5 nitrogen and oxygen atoms in total. The molecule has 0 N–H and O–H groups in total. The van der Waals surface area contributed by atoms with Crippen molar-refractivity contribution in [3.8, 4) is 0 Å². The number of nitrogens with zero attached hydrogens (tertiary/aromatic N) is 1. The molecule has 0 heterocycles. The number of hydrogen-bond acceptors (Lipinski definition) is 4. The standard InChI is InChI=1S/C17H19NO4S/c1-4-22-17(19)14-6-5-7-16(12-14)23(20,21)18(3)15-10-8-13(2)9-11-15/h5-12H,4H2,1-3H3. The first-order valence-electron chi connectivity index (χ1n) is 7.19. The molecule has 2 rings (SSSR count). The lowest BCUT2D eigenvalue weighted by atomic mass is 10.2. The van der Waals surface area contributed by atoms with Gasteiger partial charge >= 0.3 is 5.97 Å². The van der Waals surface area contributed by atoms with Crippen molar-refractivity contribution in [2.45, 2.75) is 18.7 Å². The maximum atomic E-state index is 12.7. The number of benzene rings is 2. The Hall–Kier alpha value is -2.34. The number of carbonyl (C=O) groups is 1. The van der Waals surface area contributed by atoms with Crippen molar-refractivity contribution in [2.75, 3.05) is 18.0 Å². The minimum atomic E-state index is -3.75. The molecule has 0 saturated heterocycles. The van der Waals surface area contributed by atoms with Gasteiger partial charge in [0.1, 0.15) is 0 Å². The van der Waals surface area contributed by atoms with E-state index in [4.69, 9.17) is 4.74 Å². The van der Waals surface area contributed by atoms with Crippen molar-refractivity contribution in [3.63, 3.8) is 0 Å². The summed E-state index contributed by atoms with van der Waals surface area (Å²) in [5.74, 6) is -0.539. The number of rotatable bonds is 5. The van der Waals surface area contributed by atoms with E-state index < -0.39 is 16.0 Å². The second kappa shape index (κ2) is 6.83. The third-order valence-electron chi connectivity index (χ3n) is 3.40. The van der Waals surface area contributed by atoms with Crippen LogP contribution in [0.5, 0.6) is 0 Å². The maximum absolute atomic E-state index is 12.7. The molecule has 0 atom stereocenters. The third-order valence-corrected chi connectivity index (χ3v) is 5.18. The van der Waals surface area contributed by atoms with Gasteiger partial charge in [-0.3, -0.25) is 4.31 Å². The number of aryl methyl sites for hydroxylation is 1. The Morgan fingerprint density at radius 1 is 1.13 bits per heavy atom. The fraction of sp³-hybridized carbons (Fsp3) is 0.235. The van der Waals surface area contributed by atoms with Crippen molar-refractivity contribution in [1.29, 1.82) is 0 Å². The molecule has 0 unspecified atom stereocenters. The Balaban J connectivity index is 2.37. The molecule has 122 valence electrons. The molecule has 2 aromatic rings. The van der Waals surface area contributed by atoms with E-state index in [9.17, 15) is 13.2 Å². The van der Waals surface area contributed by atoms with Crippen LogP contribution < -0.4 is 4.31 Å². The molecular formula is C17H19NO4S. The summed E-state index contributed by atoms with van der Waals surface area (Å²) in [5, 5.41) is 0. The van der Waals surface area contributed by atoms with E-state index in [1.165, 1.54) is 35.6 Å². The van der Waals surface area contributed by atoms with Gasteiger partial charge in [0.15, 0.2) is 0 Å². The summed E-state index contributed by atoms with van der Waals surface area (Å²) in [4.78, 5) is 11.8. The van der Waals surface area contributed by atoms with E-state index in [0.717, 1.165) is 5.56 Å². The largest absolute Gasteiger partial charge is 0.462 e. The molecule has 2 aromatic carbocycles. The lowest BCUT2D eigenvalue weighted by Gasteiger charge is -2.20. The third kappa shape index (κ3) is 3.71. The highest BCUT2D eigenvalue weighted by Crippen LogP contribution is 2.23. The molecule has 6 heteroatoms. The van der Waals surface area contributed by atoms with E-state index >= 15 is 0 Å². The molecule has 23 heavy (non-hydrogen) atoms. The van der Waals surface area contributed by atoms with Gasteiger partial charge in [-0.15, -0.1) is 0 Å². The highest BCUT2D eigenvalue weighted by atomic mass is 32.2. The minimum Gasteiger partial charge on any atom is -0.462 e. The van der Waals surface area contributed by atoms with Gasteiger partial charge in [-0.2, -0.15) is 0 Å². The smallest absolute Gasteiger partial charge is 0.338 e. The highest BCUT2D eigenvalue weighted by molar-refractivity contribution is 7.92. The van der Waals surface area contributed by atoms with Crippen LogP contribution in [0.3, 0.4) is 0 Å². The number of sulfonamides is 1. The van der Waals surface area contributed by atoms with E-state index in [-0.39, 0.29) is 17.1 Å². The maximum Gasteiger partial charge on any atom is 0.338 e. The molecule has 0 saturated carbocycles. The molecule has 0 aromatic heterocycles. The van der Waals surface area contributed by atoms with Crippen molar-refractivity contribution < 1.29 is 17.9 Å². The van der Waals surface area contributed by atoms with Crippen molar-refractivity contribution in [1.82, 2.24) is 0 Å². The zero-order valence-corrected chi connectivity index (χ0v) is 14.1. The fourth-order valence-corrected chi connectivity index (χ4v) is 3.29. The molecule has 0 fully saturated rings. The lowest BCUT2D eigenvalue weighted by molar-refractivity contribution is 0.0526. The lowest BCUT2D eigenvalue weighted by Crippen LogP contribution is -2.26. The topological polar surface area (TPSA) is 63.7 Å². The Morgan fingerprint density at radius 2 is 1.78 bits per heavy atom. The quantitative estimate of drug-likeness (QED) is 0.789. The van der Waals surface area contributed by atoms with Gasteiger partial charge < -0.3 is 4.74 Å². The average molecular weight is 333 g/mol. The normalized spacial score (nSPS) is 11.1. The summed E-state index contributed by atoms with van der Waals surface area (Å²) < 4.78 is 31.5. The van der Waals surface area contributed by atoms with Crippen LogP contribution in [-0.4, -0.2) is 28.0 Å². The van der Waals surface area contributed by atoms with Crippen LogP contribution in [0.4, 0.5) is 5.69 Å². The van der Waals surface area contributed by atoms with Crippen molar-refractivity contribution in [2.24, 2.45) is 0 Å². The number of anilines is 1. The first-order valence-corrected chi connectivity index (χ1v) is 8.63. The first-order chi connectivity index (χ1) is 10.9. The van der Waals surface area contributed by atoms with Gasteiger partial charge in [0.25, 0.3) is 10.0 Å². The highest BCUT2D eigenvalue weighted by Gasteiger charge is 2.22. The van der Waals surface area contributed by atoms with Gasteiger partial charge in [0.2, 0.25) is 0 Å². The van der Waals surface area contributed by atoms with E-state index in [1.54, 1.807) is 19.1 Å². The van der Waals surface area contributed by atoms with Gasteiger partial charge in [0.05, 0.1) is 22.8 Å². The first kappa shape index (κ1) is 17.0. The molecular weight excluding hydrogens is 314 g/mol. The minimum absolute atomic E-state index is 0.0473. The summed E-state index contributed by atoms with van der Waals surface area (Å²) in [7, 11) is -2.27. The van der Waals surface area contributed by atoms with E-state index in [0.29, 0.717) is 5.69 Å². The number of carbonyl (C=O) groups excluding carboxylic acids is 1. The summed E-state index contributed by atoms with van der Waals surface area (Å²) in [5.41, 5.74) is 1.81. The van der Waals surface area contributed by atoms with Crippen molar-refractivity contribution in [3.05, 3.63) is 59.7 Å². The van der Waals surface area contributed by atoms with Gasteiger partial charge in [-0.25, -0.2) is 13.2 Å². The predicted molar refractivity (Wildman–Crippen MR) is 89.2 cm³/mol. The molecule has 0 bridgehead atoms. The van der Waals surface area contributed by atoms with Gasteiger partial charge in [-0.05, 0) is 44.2 Å². The molecule has 0 aliphatic rings. The van der Waals surface area contributed by atoms with E-state index in [1.807, 2.05) is 19.1 Å². The molecule has 0 amide bonds. The Bertz CT molecular complexity index is 798. The van der Waals surface area contributed by atoms with Crippen LogP contribution in [0.2, 0.25) is 0 Å². The van der Waals surface area contributed by atoms with Crippen LogP contribution in [0.25, 0.3) is 0 Å². The predicted octanol–water partition coefficient (Wildman–Crippen LogP) is 3.00. The zero-order valence-electron chi connectivity index (χ0n) is 13.3. The number of ether oxygens (including phenoxy) is 1. The monoisotopic (exact) mass is 333 g/mol. The van der Waals surface area contributed by atoms with E-state index in [2.05, 4.69) is 0 Å². The summed E-state index contributed by atoms with van der Waals surface area (Å²) in [6, 6.07) is 13.0. The summed E-state index contributed by atoms with van der Waals surface area (Å²) in [6.07, 6.45) is 0. The number of esters is 1. The van der Waals surface area contributed by atoms with Crippen LogP contribution >= 0.6 is 0 Å². The SMILES string of the molecule is CCOC(=O)c1cccc(S(=O)(=O)N(C)c2ccc(C)cc2)c1. The van der Waals surface area contributed by atoms with Gasteiger partial charge in [0, 0.05) is 7.05 Å². The van der Waals surface area contributed by atoms with Crippen LogP contribution in [0.15, 0.2) is 53.4 Å². The zero-order chi connectivity index (χ0) is 17.0. The fourth-order valence-electron chi connectivity index (χ4n) is 2.05. The van der Waals surface area contributed by atoms with Crippen LogP contribution in [-0.2, 0) is 14.8 Å². The molecule has 0 spiro atoms. The van der Waals surface area contributed by atoms with Crippen molar-refractivity contribution >= 4 is 21.7 Å². The summed E-state index contributed by atoms with van der Waals surface area (Å²) >= 11 is 0. The number of hydrogen-bond donors (Lipinski definition) is 0. The van der Waals surface area contributed by atoms with Crippen LogP contribution in [0.1, 0.15) is 22.8 Å².